The maximum Gasteiger partial charge on any atom is 0.0912 e. The molecule has 0 bridgehead atoms. The highest BCUT2D eigenvalue weighted by Gasteiger charge is 1.77. The van der Waals surface area contributed by atoms with E-state index in [1.807, 2.05) is 0 Å². The molecule has 0 aliphatic carbocycles. The minimum absolute atomic E-state index is 0.116. The average molecular weight is 88.5 g/mol. The Morgan fingerprint density at radius 1 is 2.00 bits per heavy atom. The largest absolute Gasteiger partial charge is 0.119 e. The Bertz CT molecular complexity index is 49.2. The van der Waals surface area contributed by atoms with Crippen molar-refractivity contribution in [3.8, 4) is 12.3 Å². The van der Waals surface area contributed by atoms with Crippen molar-refractivity contribution in [2.45, 2.75) is 12.3 Å². The van der Waals surface area contributed by atoms with Crippen molar-refractivity contribution in [1.82, 2.24) is 0 Å². The van der Waals surface area contributed by atoms with E-state index in [1.54, 1.807) is 6.92 Å². The van der Waals surface area contributed by atoms with Gasteiger partial charge in [-0.15, -0.1) is 18.0 Å². The number of rotatable bonds is 0. The summed E-state index contributed by atoms with van der Waals surface area (Å²) in [5.74, 6) is 2.29. The normalized spacial score (nSPS) is 13.0. The van der Waals surface area contributed by atoms with Gasteiger partial charge in [0.2, 0.25) is 0 Å². The lowest BCUT2D eigenvalue weighted by molar-refractivity contribution is 1.29. The second-order valence-corrected chi connectivity index (χ2v) is 1.44. The molecule has 0 nitrogen and oxygen atoms in total. The minimum atomic E-state index is -0.116. The quantitative estimate of drug-likeness (QED) is 0.309. The minimum Gasteiger partial charge on any atom is -0.119 e. The van der Waals surface area contributed by atoms with Gasteiger partial charge in [0.1, 0.15) is 0 Å². The van der Waals surface area contributed by atoms with Gasteiger partial charge in [-0.2, -0.15) is 0 Å². The summed E-state index contributed by atoms with van der Waals surface area (Å²) >= 11 is 5.23. The molecule has 0 heterocycles. The van der Waals surface area contributed by atoms with E-state index in [0.717, 1.165) is 0 Å². The molecule has 1 atom stereocenters. The first-order valence-electron chi connectivity index (χ1n) is 1.37. The molecule has 0 unspecified atom stereocenters. The van der Waals surface area contributed by atoms with Gasteiger partial charge in [-0.1, -0.05) is 5.92 Å². The van der Waals surface area contributed by atoms with Crippen LogP contribution in [0.1, 0.15) is 6.92 Å². The molecule has 0 saturated carbocycles. The summed E-state index contributed by atoms with van der Waals surface area (Å²) in [5, 5.41) is -0.116. The van der Waals surface area contributed by atoms with Crippen molar-refractivity contribution in [2.75, 3.05) is 0 Å². The first-order chi connectivity index (χ1) is 2.27. The van der Waals surface area contributed by atoms with Crippen LogP contribution in [0, 0.1) is 12.3 Å². The summed E-state index contributed by atoms with van der Waals surface area (Å²) in [7, 11) is 0. The Morgan fingerprint density at radius 2 is 2.20 bits per heavy atom. The van der Waals surface area contributed by atoms with Crippen LogP contribution in [0.2, 0.25) is 0 Å². The van der Waals surface area contributed by atoms with Crippen LogP contribution in [0.3, 0.4) is 0 Å². The van der Waals surface area contributed by atoms with Gasteiger partial charge in [0.05, 0.1) is 5.38 Å². The fraction of sp³-hybridized carbons (Fsp3) is 0.500. The van der Waals surface area contributed by atoms with Gasteiger partial charge < -0.3 is 0 Å². The predicted molar refractivity (Wildman–Crippen MR) is 24.1 cm³/mol. The second kappa shape index (κ2) is 2.11. The van der Waals surface area contributed by atoms with E-state index in [4.69, 9.17) is 18.0 Å². The molecule has 0 aromatic carbocycles. The molecule has 0 rings (SSSR count). The van der Waals surface area contributed by atoms with E-state index in [1.165, 1.54) is 0 Å². The first-order valence-corrected chi connectivity index (χ1v) is 1.81. The molecule has 0 aliphatic rings. The molecule has 0 aliphatic heterocycles. The SMILES string of the molecule is C#C[C@H](C)Cl. The molecule has 1 heteroatoms. The second-order valence-electron chi connectivity index (χ2n) is 0.783. The number of alkyl halides is 1. The summed E-state index contributed by atoms with van der Waals surface area (Å²) in [6, 6.07) is 0. The predicted octanol–water partition coefficient (Wildman–Crippen LogP) is 1.25. The lowest BCUT2D eigenvalue weighted by Gasteiger charge is -1.77. The van der Waals surface area contributed by atoms with Gasteiger partial charge >= 0.3 is 0 Å². The molecular weight excluding hydrogens is 83.5 g/mol. The zero-order chi connectivity index (χ0) is 4.28. The van der Waals surface area contributed by atoms with E-state index >= 15 is 0 Å². The van der Waals surface area contributed by atoms with Gasteiger partial charge in [0.15, 0.2) is 0 Å². The smallest absolute Gasteiger partial charge is 0.0912 e. The molecule has 5 heavy (non-hydrogen) atoms. The zero-order valence-corrected chi connectivity index (χ0v) is 3.79. The topological polar surface area (TPSA) is 0 Å². The van der Waals surface area contributed by atoms with Gasteiger partial charge in [-0.3, -0.25) is 0 Å². The van der Waals surface area contributed by atoms with Crippen molar-refractivity contribution in [1.29, 1.82) is 0 Å². The molecule has 0 radical (unpaired) electrons. The molecule has 0 fully saturated rings. The third-order valence-corrected chi connectivity index (χ3v) is 0.356. The third kappa shape index (κ3) is 3.85. The van der Waals surface area contributed by atoms with Crippen molar-refractivity contribution in [3.63, 3.8) is 0 Å². The van der Waals surface area contributed by atoms with Crippen LogP contribution in [0.25, 0.3) is 0 Å². The monoisotopic (exact) mass is 88.0 g/mol. The van der Waals surface area contributed by atoms with Crippen LogP contribution in [0.15, 0.2) is 0 Å². The van der Waals surface area contributed by atoms with Gasteiger partial charge in [0, 0.05) is 0 Å². The molecule has 28 valence electrons. The Hall–Kier alpha value is -0.150. The molecule has 0 aromatic rings. The standard InChI is InChI=1S/C4H5Cl/c1-3-4(2)5/h1,4H,2H3/t4-/m0/s1. The highest BCUT2D eigenvalue weighted by atomic mass is 35.5. The van der Waals surface area contributed by atoms with Crippen LogP contribution >= 0.6 is 11.6 Å². The fourth-order valence-electron chi connectivity index (χ4n) is 0. The Morgan fingerprint density at radius 3 is 2.20 bits per heavy atom. The van der Waals surface area contributed by atoms with Crippen LogP contribution in [0.4, 0.5) is 0 Å². The molecule has 0 aromatic heterocycles. The zero-order valence-electron chi connectivity index (χ0n) is 3.03. The Kier molecular flexibility index (Phi) is 2.05. The van der Waals surface area contributed by atoms with E-state index in [2.05, 4.69) is 5.92 Å². The third-order valence-electron chi connectivity index (χ3n) is 0.230. The molecular formula is C4H5Cl. The van der Waals surface area contributed by atoms with Crippen molar-refractivity contribution in [3.05, 3.63) is 0 Å². The summed E-state index contributed by atoms with van der Waals surface area (Å²) in [5.41, 5.74) is 0. The summed E-state index contributed by atoms with van der Waals surface area (Å²) < 4.78 is 0. The van der Waals surface area contributed by atoms with Crippen molar-refractivity contribution in [2.24, 2.45) is 0 Å². The lowest BCUT2D eigenvalue weighted by atomic mass is 10.5. The molecule has 0 N–H and O–H groups in total. The van der Waals surface area contributed by atoms with Crippen molar-refractivity contribution < 1.29 is 0 Å². The Balaban J connectivity index is 2.94. The number of hydrogen-bond donors (Lipinski definition) is 0. The van der Waals surface area contributed by atoms with Crippen molar-refractivity contribution >= 4 is 11.6 Å². The number of halogens is 1. The van der Waals surface area contributed by atoms with Crippen LogP contribution < -0.4 is 0 Å². The van der Waals surface area contributed by atoms with E-state index < -0.39 is 0 Å². The molecule has 0 saturated heterocycles. The highest BCUT2D eigenvalue weighted by Crippen LogP contribution is 1.85. The first kappa shape index (κ1) is 4.85. The molecule has 0 amide bonds. The van der Waals surface area contributed by atoms with Crippen LogP contribution in [-0.2, 0) is 0 Å². The number of hydrogen-bond acceptors (Lipinski definition) is 0. The van der Waals surface area contributed by atoms with Crippen LogP contribution in [-0.4, -0.2) is 5.38 Å². The van der Waals surface area contributed by atoms with Gasteiger partial charge in [-0.05, 0) is 6.92 Å². The van der Waals surface area contributed by atoms with E-state index in [-0.39, 0.29) is 5.38 Å². The fourth-order valence-corrected chi connectivity index (χ4v) is 0. The average Bonchev–Trinajstić information content (AvgIpc) is 1.38. The Labute approximate surface area is 37.1 Å². The lowest BCUT2D eigenvalue weighted by Crippen LogP contribution is -1.77. The summed E-state index contributed by atoms with van der Waals surface area (Å²) in [6.07, 6.45) is 4.79. The van der Waals surface area contributed by atoms with E-state index in [9.17, 15) is 0 Å². The van der Waals surface area contributed by atoms with Gasteiger partial charge in [0.25, 0.3) is 0 Å². The van der Waals surface area contributed by atoms with Crippen LogP contribution in [0.5, 0.6) is 0 Å². The molecule has 0 spiro atoms. The summed E-state index contributed by atoms with van der Waals surface area (Å²) in [4.78, 5) is 0. The van der Waals surface area contributed by atoms with Gasteiger partial charge in [-0.25, -0.2) is 0 Å². The highest BCUT2D eigenvalue weighted by molar-refractivity contribution is 6.22. The van der Waals surface area contributed by atoms with E-state index in [0.29, 0.717) is 0 Å². The number of terminal acetylenes is 1. The maximum atomic E-state index is 5.23. The summed E-state index contributed by atoms with van der Waals surface area (Å²) in [6.45, 7) is 1.75. The maximum absolute atomic E-state index is 5.23.